The number of carbonyl (C=O) groups is 1. The number of phosphoric ester groups is 1. The Morgan fingerprint density at radius 3 is 1.82 bits per heavy atom. The molecule has 9 heteroatoms. The molecule has 0 aromatic heterocycles. The summed E-state index contributed by atoms with van der Waals surface area (Å²) in [5, 5.41) is 0. The number of rotatable bonds is 24. The molecule has 0 radical (unpaired) electrons. The van der Waals surface area contributed by atoms with Crippen molar-refractivity contribution in [2.24, 2.45) is 5.92 Å². The summed E-state index contributed by atoms with van der Waals surface area (Å²) in [6, 6.07) is 0. The summed E-state index contributed by atoms with van der Waals surface area (Å²) < 4.78 is 28.3. The minimum Gasteiger partial charge on any atom is -0.449 e. The number of ether oxygens (including phenoxy) is 1. The van der Waals surface area contributed by atoms with Gasteiger partial charge in [-0.2, -0.15) is 0 Å². The van der Waals surface area contributed by atoms with Crippen molar-refractivity contribution in [3.05, 3.63) is 0 Å². The number of amides is 1. The average molecular weight is 564 g/mol. The molecule has 1 aliphatic heterocycles. The van der Waals surface area contributed by atoms with Crippen molar-refractivity contribution >= 4 is 13.9 Å². The van der Waals surface area contributed by atoms with E-state index in [-0.39, 0.29) is 25.2 Å². The third-order valence-corrected chi connectivity index (χ3v) is 8.24. The largest absolute Gasteiger partial charge is 0.472 e. The second-order valence-corrected chi connectivity index (χ2v) is 13.6. The highest BCUT2D eigenvalue weighted by molar-refractivity contribution is 7.47. The number of unbranched alkanes of at least 4 members (excludes halogenated alkanes) is 15. The Morgan fingerprint density at radius 2 is 1.32 bits per heavy atom. The smallest absolute Gasteiger partial charge is 0.449 e. The Kier molecular flexibility index (Phi) is 19.7. The lowest BCUT2D eigenvalue weighted by Crippen LogP contribution is -2.37. The van der Waals surface area contributed by atoms with Crippen LogP contribution >= 0.6 is 7.82 Å². The summed E-state index contributed by atoms with van der Waals surface area (Å²) in [6.45, 7) is 4.66. The third kappa shape index (κ3) is 20.3. The highest BCUT2D eigenvalue weighted by atomic mass is 31.2. The molecule has 226 valence electrons. The van der Waals surface area contributed by atoms with Gasteiger partial charge in [0.1, 0.15) is 13.2 Å². The summed E-state index contributed by atoms with van der Waals surface area (Å²) in [4.78, 5) is 23.8. The third-order valence-electron chi connectivity index (χ3n) is 7.26. The lowest BCUT2D eigenvalue weighted by molar-refractivity contribution is -0.870. The normalized spacial score (nSPS) is 17.6. The molecule has 1 rings (SSSR count). The van der Waals surface area contributed by atoms with Crippen LogP contribution in [-0.4, -0.2) is 81.0 Å². The first-order chi connectivity index (χ1) is 18.1. The fourth-order valence-corrected chi connectivity index (χ4v) is 5.49. The van der Waals surface area contributed by atoms with Gasteiger partial charge < -0.3 is 19.0 Å². The van der Waals surface area contributed by atoms with Gasteiger partial charge in [-0.05, 0) is 12.8 Å². The number of hydrogen-bond donors (Lipinski definition) is 1. The predicted molar refractivity (Wildman–Crippen MR) is 155 cm³/mol. The zero-order chi connectivity index (χ0) is 28.1. The van der Waals surface area contributed by atoms with Gasteiger partial charge in [-0.15, -0.1) is 0 Å². The van der Waals surface area contributed by atoms with Crippen LogP contribution in [0.2, 0.25) is 0 Å². The average Bonchev–Trinajstić information content (AvgIpc) is 3.33. The second kappa shape index (κ2) is 21.1. The molecular weight excluding hydrogens is 503 g/mol. The van der Waals surface area contributed by atoms with Gasteiger partial charge in [-0.25, -0.2) is 9.36 Å². The number of carbonyl (C=O) groups excluding carboxylic acids is 1. The molecule has 38 heavy (non-hydrogen) atoms. The molecule has 1 aliphatic rings. The molecule has 0 aromatic rings. The zero-order valence-electron chi connectivity index (χ0n) is 25.2. The topological polar surface area (TPSA) is 85.3 Å². The van der Waals surface area contributed by atoms with Gasteiger partial charge in [0.15, 0.2) is 0 Å². The molecule has 1 saturated heterocycles. The molecular formula is C29H60N2O6P+. The van der Waals surface area contributed by atoms with Gasteiger partial charge >= 0.3 is 13.9 Å². The second-order valence-electron chi connectivity index (χ2n) is 12.1. The maximum Gasteiger partial charge on any atom is 0.472 e. The van der Waals surface area contributed by atoms with E-state index in [1.165, 1.54) is 89.9 Å². The Labute approximate surface area is 234 Å². The zero-order valence-corrected chi connectivity index (χ0v) is 26.1. The monoisotopic (exact) mass is 563 g/mol. The Bertz CT molecular complexity index is 643. The number of nitrogens with zero attached hydrogens (tertiary/aromatic N) is 2. The molecule has 0 saturated carbocycles. The van der Waals surface area contributed by atoms with Crippen LogP contribution in [0.25, 0.3) is 0 Å². The van der Waals surface area contributed by atoms with Crippen LogP contribution < -0.4 is 0 Å². The first kappa shape index (κ1) is 35.4. The van der Waals surface area contributed by atoms with Gasteiger partial charge in [-0.1, -0.05) is 103 Å². The summed E-state index contributed by atoms with van der Waals surface area (Å²) in [5.41, 5.74) is 0. The van der Waals surface area contributed by atoms with Crippen molar-refractivity contribution in [1.29, 1.82) is 0 Å². The van der Waals surface area contributed by atoms with Crippen molar-refractivity contribution < 1.29 is 32.5 Å². The van der Waals surface area contributed by atoms with Crippen molar-refractivity contribution in [3.63, 3.8) is 0 Å². The van der Waals surface area contributed by atoms with E-state index in [1.54, 1.807) is 4.90 Å². The molecule has 0 aromatic carbocycles. The summed E-state index contributed by atoms with van der Waals surface area (Å²) in [7, 11) is 1.89. The fourth-order valence-electron chi connectivity index (χ4n) is 4.70. The maximum absolute atomic E-state index is 12.3. The fraction of sp³-hybridized carbons (Fsp3) is 0.966. The maximum atomic E-state index is 12.3. The summed E-state index contributed by atoms with van der Waals surface area (Å²) in [6.07, 6.45) is 21.6. The van der Waals surface area contributed by atoms with Gasteiger partial charge in [0.25, 0.3) is 0 Å². The number of hydrogen-bond acceptors (Lipinski definition) is 5. The summed E-state index contributed by atoms with van der Waals surface area (Å²) in [5.74, 6) is 0.0144. The van der Waals surface area contributed by atoms with Crippen LogP contribution in [0.4, 0.5) is 4.79 Å². The number of likely N-dealkylation sites (N-methyl/N-ethyl adjacent to an activating group) is 1. The van der Waals surface area contributed by atoms with E-state index in [2.05, 4.69) is 6.92 Å². The number of likely N-dealkylation sites (tertiary alicyclic amines) is 1. The van der Waals surface area contributed by atoms with E-state index in [1.807, 2.05) is 21.1 Å². The van der Waals surface area contributed by atoms with Crippen LogP contribution in [0, 0.1) is 5.92 Å². The van der Waals surface area contributed by atoms with Crippen molar-refractivity contribution in [3.8, 4) is 0 Å². The first-order valence-electron chi connectivity index (χ1n) is 15.5. The van der Waals surface area contributed by atoms with Crippen molar-refractivity contribution in [2.45, 2.75) is 116 Å². The SMILES string of the molecule is CCCCCCCCCCCCCCCCCCOC(=O)N1CCC(COP(=O)(O)OCC[N+](C)(C)C)C1. The van der Waals surface area contributed by atoms with E-state index >= 15 is 0 Å². The molecule has 0 bridgehead atoms. The molecule has 2 atom stereocenters. The van der Waals surface area contributed by atoms with E-state index in [9.17, 15) is 14.3 Å². The summed E-state index contributed by atoms with van der Waals surface area (Å²) >= 11 is 0. The van der Waals surface area contributed by atoms with Crippen LogP contribution in [-0.2, 0) is 18.3 Å². The number of quaternary nitrogens is 1. The Hall–Kier alpha value is -0.660. The van der Waals surface area contributed by atoms with Crippen molar-refractivity contribution in [2.75, 3.05) is 60.6 Å². The van der Waals surface area contributed by atoms with E-state index < -0.39 is 7.82 Å². The van der Waals surface area contributed by atoms with Gasteiger partial charge in [0.2, 0.25) is 0 Å². The molecule has 1 fully saturated rings. The Balaban J connectivity index is 1.93. The lowest BCUT2D eigenvalue weighted by Gasteiger charge is -2.24. The molecule has 0 aliphatic carbocycles. The van der Waals surface area contributed by atoms with E-state index in [0.717, 1.165) is 19.3 Å². The van der Waals surface area contributed by atoms with Crippen LogP contribution in [0.5, 0.6) is 0 Å². The van der Waals surface area contributed by atoms with E-state index in [0.29, 0.717) is 30.7 Å². The van der Waals surface area contributed by atoms with Gasteiger partial charge in [0.05, 0.1) is 34.4 Å². The molecule has 1 amide bonds. The lowest BCUT2D eigenvalue weighted by atomic mass is 10.0. The molecule has 0 spiro atoms. The van der Waals surface area contributed by atoms with Gasteiger partial charge in [0, 0.05) is 19.0 Å². The first-order valence-corrected chi connectivity index (χ1v) is 17.0. The van der Waals surface area contributed by atoms with Crippen LogP contribution in [0.3, 0.4) is 0 Å². The van der Waals surface area contributed by atoms with Crippen molar-refractivity contribution in [1.82, 2.24) is 4.90 Å². The standard InChI is InChI=1S/C29H59N2O6P/c1-5-6-7-8-9-10-11-12-13-14-15-16-17-18-19-20-24-35-29(32)30-22-21-28(26-30)27-37-38(33,34)36-25-23-31(2,3)4/h28H,5-27H2,1-4H3/p+1. The predicted octanol–water partition coefficient (Wildman–Crippen LogP) is 7.55. The molecule has 1 heterocycles. The number of phosphoric acid groups is 1. The quantitative estimate of drug-likeness (QED) is 0.0742. The Morgan fingerprint density at radius 1 is 0.816 bits per heavy atom. The highest BCUT2D eigenvalue weighted by Gasteiger charge is 2.30. The molecule has 8 nitrogen and oxygen atoms in total. The molecule has 1 N–H and O–H groups in total. The van der Waals surface area contributed by atoms with Gasteiger partial charge in [-0.3, -0.25) is 9.05 Å². The minimum absolute atomic E-state index is 0.0144. The highest BCUT2D eigenvalue weighted by Crippen LogP contribution is 2.44. The van der Waals surface area contributed by atoms with E-state index in [4.69, 9.17) is 13.8 Å². The minimum atomic E-state index is -4.07. The molecule has 2 unspecified atom stereocenters. The van der Waals surface area contributed by atoms with Crippen LogP contribution in [0.15, 0.2) is 0 Å². The van der Waals surface area contributed by atoms with Crippen LogP contribution in [0.1, 0.15) is 116 Å².